The summed E-state index contributed by atoms with van der Waals surface area (Å²) in [6.45, 7) is 8.13. The van der Waals surface area contributed by atoms with Crippen molar-refractivity contribution in [2.45, 2.75) is 13.5 Å². The fourth-order valence-corrected chi connectivity index (χ4v) is 4.49. The molecule has 30 heavy (non-hydrogen) atoms. The first-order valence-corrected chi connectivity index (χ1v) is 11.1. The molecule has 0 amide bonds. The van der Waals surface area contributed by atoms with Crippen molar-refractivity contribution in [3.8, 4) is 5.75 Å². The van der Waals surface area contributed by atoms with E-state index in [1.54, 1.807) is 7.11 Å². The molecule has 3 aromatic rings. The summed E-state index contributed by atoms with van der Waals surface area (Å²) >= 11 is 3.58. The molecule has 7 heteroatoms. The standard InChI is InChI=1S/C23H27BrN4O2/c1-3-27-10-12-28(13-11-27)18-6-4-17(5-7-18)25-15-16-14-19-20(26-23(16)29)8-9-21(30-2)22(19)24/h4-9,14,25H,3,10-13,15H2,1-2H3,(H,26,29). The monoisotopic (exact) mass is 470 g/mol. The smallest absolute Gasteiger partial charge is 0.253 e. The van der Waals surface area contributed by atoms with Gasteiger partial charge < -0.3 is 24.8 Å². The van der Waals surface area contributed by atoms with E-state index >= 15 is 0 Å². The third-order valence-electron chi connectivity index (χ3n) is 5.76. The van der Waals surface area contributed by atoms with E-state index in [1.807, 2.05) is 18.2 Å². The second kappa shape index (κ2) is 9.10. The summed E-state index contributed by atoms with van der Waals surface area (Å²) in [6, 6.07) is 14.1. The molecule has 1 aromatic heterocycles. The summed E-state index contributed by atoms with van der Waals surface area (Å²) in [5, 5.41) is 4.29. The lowest BCUT2D eigenvalue weighted by molar-refractivity contribution is 0.271. The fraction of sp³-hybridized carbons (Fsp3) is 0.348. The third kappa shape index (κ3) is 4.32. The second-order valence-corrected chi connectivity index (χ2v) is 8.28. The van der Waals surface area contributed by atoms with Gasteiger partial charge in [0.1, 0.15) is 5.75 Å². The van der Waals surface area contributed by atoms with Gasteiger partial charge in [0.25, 0.3) is 5.56 Å². The molecule has 1 aliphatic rings. The summed E-state index contributed by atoms with van der Waals surface area (Å²) in [5.41, 5.74) is 3.61. The third-order valence-corrected chi connectivity index (χ3v) is 6.58. The first-order valence-electron chi connectivity index (χ1n) is 10.3. The molecule has 2 aromatic carbocycles. The number of H-pyrrole nitrogens is 1. The molecule has 158 valence electrons. The number of piperazine rings is 1. The number of rotatable bonds is 6. The number of methoxy groups -OCH3 is 1. The molecule has 1 aliphatic heterocycles. The number of anilines is 2. The van der Waals surface area contributed by atoms with E-state index in [0.717, 1.165) is 59.5 Å². The molecule has 0 saturated carbocycles. The van der Waals surface area contributed by atoms with E-state index in [2.05, 4.69) is 67.2 Å². The van der Waals surface area contributed by atoms with Crippen LogP contribution in [0.15, 0.2) is 51.7 Å². The average Bonchev–Trinajstić information content (AvgIpc) is 2.79. The molecule has 2 heterocycles. The van der Waals surface area contributed by atoms with Gasteiger partial charge in [-0.05, 0) is 64.9 Å². The van der Waals surface area contributed by atoms with E-state index in [0.29, 0.717) is 12.1 Å². The minimum absolute atomic E-state index is 0.0857. The van der Waals surface area contributed by atoms with Gasteiger partial charge in [0.05, 0.1) is 11.6 Å². The lowest BCUT2D eigenvalue weighted by Crippen LogP contribution is -2.46. The van der Waals surface area contributed by atoms with Gasteiger partial charge in [0.2, 0.25) is 0 Å². The number of pyridine rings is 1. The second-order valence-electron chi connectivity index (χ2n) is 7.49. The van der Waals surface area contributed by atoms with Crippen LogP contribution in [-0.4, -0.2) is 49.7 Å². The Morgan fingerprint density at radius 3 is 2.50 bits per heavy atom. The van der Waals surface area contributed by atoms with Crippen LogP contribution in [0.25, 0.3) is 10.9 Å². The molecule has 0 radical (unpaired) electrons. The number of aromatic amines is 1. The van der Waals surface area contributed by atoms with Gasteiger partial charge in [-0.15, -0.1) is 0 Å². The van der Waals surface area contributed by atoms with Gasteiger partial charge in [-0.2, -0.15) is 0 Å². The van der Waals surface area contributed by atoms with Crippen molar-refractivity contribution < 1.29 is 4.74 Å². The number of benzene rings is 2. The lowest BCUT2D eigenvalue weighted by Gasteiger charge is -2.35. The largest absolute Gasteiger partial charge is 0.496 e. The summed E-state index contributed by atoms with van der Waals surface area (Å²) in [4.78, 5) is 20.3. The molecule has 0 unspecified atom stereocenters. The summed E-state index contributed by atoms with van der Waals surface area (Å²) in [5.74, 6) is 0.740. The molecule has 0 spiro atoms. The molecule has 1 saturated heterocycles. The van der Waals surface area contributed by atoms with Crippen molar-refractivity contribution in [1.82, 2.24) is 9.88 Å². The van der Waals surface area contributed by atoms with Crippen LogP contribution in [0.2, 0.25) is 0 Å². The Bertz CT molecular complexity index is 1070. The van der Waals surface area contributed by atoms with Crippen molar-refractivity contribution in [3.05, 3.63) is 62.9 Å². The normalized spacial score (nSPS) is 14.8. The number of hydrogen-bond donors (Lipinski definition) is 2. The molecule has 6 nitrogen and oxygen atoms in total. The molecule has 0 aliphatic carbocycles. The van der Waals surface area contributed by atoms with Crippen LogP contribution in [0.3, 0.4) is 0 Å². The number of nitrogens with one attached hydrogen (secondary N) is 2. The van der Waals surface area contributed by atoms with E-state index in [1.165, 1.54) is 5.69 Å². The molecule has 4 rings (SSSR count). The number of likely N-dealkylation sites (N-methyl/N-ethyl adjacent to an activating group) is 1. The Morgan fingerprint density at radius 2 is 1.83 bits per heavy atom. The van der Waals surface area contributed by atoms with Crippen LogP contribution < -0.4 is 20.5 Å². The highest BCUT2D eigenvalue weighted by Crippen LogP contribution is 2.32. The van der Waals surface area contributed by atoms with Crippen LogP contribution in [-0.2, 0) is 6.54 Å². The Kier molecular flexibility index (Phi) is 6.29. The Balaban J connectivity index is 1.45. The average molecular weight is 471 g/mol. The zero-order valence-corrected chi connectivity index (χ0v) is 19.0. The van der Waals surface area contributed by atoms with E-state index in [9.17, 15) is 4.79 Å². The number of aromatic nitrogens is 1. The van der Waals surface area contributed by atoms with Crippen LogP contribution in [0.4, 0.5) is 11.4 Å². The number of hydrogen-bond acceptors (Lipinski definition) is 5. The highest BCUT2D eigenvalue weighted by atomic mass is 79.9. The minimum atomic E-state index is -0.0857. The van der Waals surface area contributed by atoms with Crippen LogP contribution in [0, 0.1) is 0 Å². The van der Waals surface area contributed by atoms with Gasteiger partial charge in [0, 0.05) is 60.6 Å². The number of fused-ring (bicyclic) bond motifs is 1. The van der Waals surface area contributed by atoms with Gasteiger partial charge in [0.15, 0.2) is 0 Å². The molecular weight excluding hydrogens is 444 g/mol. The van der Waals surface area contributed by atoms with E-state index in [-0.39, 0.29) is 5.56 Å². The zero-order valence-electron chi connectivity index (χ0n) is 17.4. The molecule has 0 atom stereocenters. The SMILES string of the molecule is CCN1CCN(c2ccc(NCc3cc4c(Br)c(OC)ccc4[nH]c3=O)cc2)CC1. The maximum atomic E-state index is 12.5. The predicted molar refractivity (Wildman–Crippen MR) is 127 cm³/mol. The summed E-state index contributed by atoms with van der Waals surface area (Å²) < 4.78 is 6.21. The Morgan fingerprint density at radius 1 is 1.10 bits per heavy atom. The van der Waals surface area contributed by atoms with Crippen LogP contribution in [0.5, 0.6) is 5.75 Å². The van der Waals surface area contributed by atoms with Gasteiger partial charge in [-0.25, -0.2) is 0 Å². The molecular formula is C23H27BrN4O2. The van der Waals surface area contributed by atoms with Crippen molar-refractivity contribution in [1.29, 1.82) is 0 Å². The highest BCUT2D eigenvalue weighted by molar-refractivity contribution is 9.10. The van der Waals surface area contributed by atoms with Crippen molar-refractivity contribution >= 4 is 38.2 Å². The highest BCUT2D eigenvalue weighted by Gasteiger charge is 2.15. The minimum Gasteiger partial charge on any atom is -0.496 e. The zero-order chi connectivity index (χ0) is 21.1. The first kappa shape index (κ1) is 20.8. The summed E-state index contributed by atoms with van der Waals surface area (Å²) in [7, 11) is 1.63. The first-order chi connectivity index (χ1) is 14.6. The topological polar surface area (TPSA) is 60.6 Å². The van der Waals surface area contributed by atoms with Crippen LogP contribution >= 0.6 is 15.9 Å². The van der Waals surface area contributed by atoms with E-state index < -0.39 is 0 Å². The van der Waals surface area contributed by atoms with Crippen molar-refractivity contribution in [2.24, 2.45) is 0 Å². The van der Waals surface area contributed by atoms with Gasteiger partial charge in [-0.3, -0.25) is 4.79 Å². The number of ether oxygens (including phenoxy) is 1. The maximum absolute atomic E-state index is 12.5. The Labute approximate surface area is 185 Å². The lowest BCUT2D eigenvalue weighted by atomic mass is 10.1. The Hall–Kier alpha value is -2.51. The molecule has 0 bridgehead atoms. The number of nitrogens with zero attached hydrogens (tertiary/aromatic N) is 2. The van der Waals surface area contributed by atoms with Crippen molar-refractivity contribution in [2.75, 3.05) is 50.1 Å². The summed E-state index contributed by atoms with van der Waals surface area (Å²) in [6.07, 6.45) is 0. The molecule has 1 fully saturated rings. The van der Waals surface area contributed by atoms with E-state index in [4.69, 9.17) is 4.74 Å². The van der Waals surface area contributed by atoms with Crippen molar-refractivity contribution in [3.63, 3.8) is 0 Å². The fourth-order valence-electron chi connectivity index (χ4n) is 3.86. The van der Waals surface area contributed by atoms with Gasteiger partial charge >= 0.3 is 0 Å². The quantitative estimate of drug-likeness (QED) is 0.568. The number of halogens is 1. The molecule has 2 N–H and O–H groups in total. The van der Waals surface area contributed by atoms with Gasteiger partial charge in [-0.1, -0.05) is 6.92 Å². The van der Waals surface area contributed by atoms with Crippen LogP contribution in [0.1, 0.15) is 12.5 Å². The maximum Gasteiger partial charge on any atom is 0.253 e. The predicted octanol–water partition coefficient (Wildman–Crippen LogP) is 4.05.